The Bertz CT molecular complexity index is 623. The van der Waals surface area contributed by atoms with Gasteiger partial charge in [0.15, 0.2) is 0 Å². The van der Waals surface area contributed by atoms with E-state index in [0.29, 0.717) is 12.4 Å². The van der Waals surface area contributed by atoms with Gasteiger partial charge in [0.25, 0.3) is 0 Å². The first kappa shape index (κ1) is 17.5. The summed E-state index contributed by atoms with van der Waals surface area (Å²) in [6.45, 7) is 6.82. The largest absolute Gasteiger partial charge is 0.320 e. The summed E-state index contributed by atoms with van der Waals surface area (Å²) < 4.78 is 1.99. The van der Waals surface area contributed by atoms with Gasteiger partial charge in [-0.2, -0.15) is 0 Å². The van der Waals surface area contributed by atoms with Gasteiger partial charge in [-0.15, -0.1) is 12.4 Å². The number of fused-ring (bicyclic) bond motifs is 1. The summed E-state index contributed by atoms with van der Waals surface area (Å²) in [6, 6.07) is 5.61. The van der Waals surface area contributed by atoms with E-state index in [1.807, 2.05) is 43.5 Å². The van der Waals surface area contributed by atoms with E-state index in [1.165, 1.54) is 0 Å². The standard InChI is InChI=1S/C15H22N4O.ClH/c1-4-6-11(16)14(20)18-15-17-12-9-10(3)7-8-13(12)19(15)5-2;/h7-9,11H,4-6,16H2,1-3H3,(H,17,18,20);1H. The lowest BCUT2D eigenvalue weighted by atomic mass is 10.2. The molecule has 0 saturated carbocycles. The second kappa shape index (κ2) is 7.43. The minimum Gasteiger partial charge on any atom is -0.320 e. The van der Waals surface area contributed by atoms with Crippen LogP contribution in [-0.4, -0.2) is 21.5 Å². The first-order valence-corrected chi connectivity index (χ1v) is 7.10. The van der Waals surface area contributed by atoms with E-state index < -0.39 is 6.04 Å². The Morgan fingerprint density at radius 1 is 1.43 bits per heavy atom. The molecule has 116 valence electrons. The topological polar surface area (TPSA) is 72.9 Å². The normalized spacial score (nSPS) is 12.0. The van der Waals surface area contributed by atoms with Gasteiger partial charge in [-0.25, -0.2) is 4.98 Å². The van der Waals surface area contributed by atoms with Crippen molar-refractivity contribution in [3.63, 3.8) is 0 Å². The van der Waals surface area contributed by atoms with Crippen molar-refractivity contribution in [2.45, 2.75) is 46.2 Å². The van der Waals surface area contributed by atoms with Crippen LogP contribution in [0.5, 0.6) is 0 Å². The van der Waals surface area contributed by atoms with Gasteiger partial charge in [0, 0.05) is 6.54 Å². The summed E-state index contributed by atoms with van der Waals surface area (Å²) in [7, 11) is 0. The zero-order valence-corrected chi connectivity index (χ0v) is 13.5. The predicted molar refractivity (Wildman–Crippen MR) is 88.9 cm³/mol. The van der Waals surface area contributed by atoms with E-state index in [0.717, 1.165) is 29.6 Å². The van der Waals surface area contributed by atoms with Gasteiger partial charge >= 0.3 is 0 Å². The van der Waals surface area contributed by atoms with Crippen molar-refractivity contribution in [1.82, 2.24) is 9.55 Å². The molecule has 2 rings (SSSR count). The highest BCUT2D eigenvalue weighted by molar-refractivity contribution is 5.95. The van der Waals surface area contributed by atoms with Gasteiger partial charge < -0.3 is 10.3 Å². The molecule has 0 saturated heterocycles. The molecule has 6 heteroatoms. The van der Waals surface area contributed by atoms with Gasteiger partial charge in [0.1, 0.15) is 0 Å². The van der Waals surface area contributed by atoms with Crippen LogP contribution in [0.4, 0.5) is 5.95 Å². The molecule has 0 aliphatic rings. The molecule has 1 aromatic carbocycles. The quantitative estimate of drug-likeness (QED) is 0.892. The van der Waals surface area contributed by atoms with E-state index in [-0.39, 0.29) is 18.3 Å². The Hall–Kier alpha value is -1.59. The first-order valence-electron chi connectivity index (χ1n) is 7.10. The van der Waals surface area contributed by atoms with Gasteiger partial charge in [-0.1, -0.05) is 19.4 Å². The van der Waals surface area contributed by atoms with Crippen LogP contribution in [0.2, 0.25) is 0 Å². The molecular weight excluding hydrogens is 288 g/mol. The van der Waals surface area contributed by atoms with Crippen molar-refractivity contribution in [1.29, 1.82) is 0 Å². The number of aryl methyl sites for hydroxylation is 2. The lowest BCUT2D eigenvalue weighted by molar-refractivity contribution is -0.117. The Morgan fingerprint density at radius 2 is 2.14 bits per heavy atom. The van der Waals surface area contributed by atoms with Gasteiger partial charge in [0.2, 0.25) is 11.9 Å². The molecule has 0 bridgehead atoms. The molecule has 0 spiro atoms. The average Bonchev–Trinajstić information content (AvgIpc) is 2.74. The molecule has 0 aliphatic heterocycles. The number of rotatable bonds is 5. The highest BCUT2D eigenvalue weighted by Crippen LogP contribution is 2.21. The highest BCUT2D eigenvalue weighted by atomic mass is 35.5. The maximum absolute atomic E-state index is 12.0. The van der Waals surface area contributed by atoms with Crippen molar-refractivity contribution in [3.05, 3.63) is 23.8 Å². The fourth-order valence-corrected chi connectivity index (χ4v) is 2.30. The maximum Gasteiger partial charge on any atom is 0.243 e. The molecule has 1 heterocycles. The summed E-state index contributed by atoms with van der Waals surface area (Å²) in [4.78, 5) is 16.5. The molecular formula is C15H23ClN4O. The zero-order chi connectivity index (χ0) is 14.7. The van der Waals surface area contributed by atoms with E-state index in [1.54, 1.807) is 0 Å². The third-order valence-electron chi connectivity index (χ3n) is 3.39. The number of nitrogens with two attached hydrogens (primary N) is 1. The summed E-state index contributed by atoms with van der Waals surface area (Å²) in [5.41, 5.74) is 8.91. The predicted octanol–water partition coefficient (Wildman–Crippen LogP) is 2.85. The molecule has 1 atom stereocenters. The maximum atomic E-state index is 12.0. The number of nitrogens with one attached hydrogen (secondary N) is 1. The molecule has 0 radical (unpaired) electrons. The molecule has 1 unspecified atom stereocenters. The average molecular weight is 311 g/mol. The number of anilines is 1. The SMILES string of the molecule is CCCC(N)C(=O)Nc1nc2cc(C)ccc2n1CC.Cl. The van der Waals surface area contributed by atoms with Crippen LogP contribution >= 0.6 is 12.4 Å². The third kappa shape index (κ3) is 3.74. The van der Waals surface area contributed by atoms with Crippen LogP contribution in [-0.2, 0) is 11.3 Å². The molecule has 1 amide bonds. The number of benzene rings is 1. The molecule has 21 heavy (non-hydrogen) atoms. The van der Waals surface area contributed by atoms with Crippen molar-refractivity contribution in [2.75, 3.05) is 5.32 Å². The van der Waals surface area contributed by atoms with E-state index in [2.05, 4.69) is 10.3 Å². The zero-order valence-electron chi connectivity index (χ0n) is 12.7. The van der Waals surface area contributed by atoms with E-state index in [4.69, 9.17) is 5.73 Å². The Labute approximate surface area is 131 Å². The summed E-state index contributed by atoms with van der Waals surface area (Å²) in [5.74, 6) is 0.401. The van der Waals surface area contributed by atoms with Crippen molar-refractivity contribution < 1.29 is 4.79 Å². The van der Waals surface area contributed by atoms with Crippen LogP contribution < -0.4 is 11.1 Å². The molecule has 0 fully saturated rings. The lowest BCUT2D eigenvalue weighted by Crippen LogP contribution is -2.36. The number of nitrogens with zero attached hydrogens (tertiary/aromatic N) is 2. The van der Waals surface area contributed by atoms with Gasteiger partial charge in [-0.05, 0) is 38.0 Å². The van der Waals surface area contributed by atoms with E-state index >= 15 is 0 Å². The second-order valence-electron chi connectivity index (χ2n) is 5.06. The number of amides is 1. The number of carbonyl (C=O) groups excluding carboxylic acids is 1. The smallest absolute Gasteiger partial charge is 0.243 e. The van der Waals surface area contributed by atoms with Crippen molar-refractivity contribution >= 4 is 35.3 Å². The molecule has 0 aliphatic carbocycles. The van der Waals surface area contributed by atoms with Crippen LogP contribution in [0.25, 0.3) is 11.0 Å². The second-order valence-corrected chi connectivity index (χ2v) is 5.06. The summed E-state index contributed by atoms with van der Waals surface area (Å²) >= 11 is 0. The number of aromatic nitrogens is 2. The minimum absolute atomic E-state index is 0. The Balaban J connectivity index is 0.00000220. The van der Waals surface area contributed by atoms with Crippen LogP contribution in [0, 0.1) is 6.92 Å². The lowest BCUT2D eigenvalue weighted by Gasteiger charge is -2.11. The van der Waals surface area contributed by atoms with Gasteiger partial charge in [0.05, 0.1) is 17.1 Å². The molecule has 1 aromatic heterocycles. The van der Waals surface area contributed by atoms with Crippen LogP contribution in [0.1, 0.15) is 32.3 Å². The molecule has 5 nitrogen and oxygen atoms in total. The summed E-state index contributed by atoms with van der Waals surface area (Å²) in [6.07, 6.45) is 1.56. The number of imidazole rings is 1. The van der Waals surface area contributed by atoms with Crippen molar-refractivity contribution in [2.24, 2.45) is 5.73 Å². The third-order valence-corrected chi connectivity index (χ3v) is 3.39. The number of hydrogen-bond donors (Lipinski definition) is 2. The molecule has 3 N–H and O–H groups in total. The van der Waals surface area contributed by atoms with Crippen LogP contribution in [0.15, 0.2) is 18.2 Å². The van der Waals surface area contributed by atoms with E-state index in [9.17, 15) is 4.79 Å². The number of hydrogen-bond acceptors (Lipinski definition) is 3. The Morgan fingerprint density at radius 3 is 2.76 bits per heavy atom. The highest BCUT2D eigenvalue weighted by Gasteiger charge is 2.16. The fraction of sp³-hybridized carbons (Fsp3) is 0.467. The summed E-state index contributed by atoms with van der Waals surface area (Å²) in [5, 5.41) is 2.84. The molecule has 2 aromatic rings. The van der Waals surface area contributed by atoms with Gasteiger partial charge in [-0.3, -0.25) is 10.1 Å². The first-order chi connectivity index (χ1) is 9.56. The number of halogens is 1. The number of carbonyl (C=O) groups is 1. The Kier molecular flexibility index (Phi) is 6.18. The van der Waals surface area contributed by atoms with Crippen LogP contribution in [0.3, 0.4) is 0 Å². The van der Waals surface area contributed by atoms with Crippen molar-refractivity contribution in [3.8, 4) is 0 Å². The fourth-order valence-electron chi connectivity index (χ4n) is 2.30. The minimum atomic E-state index is -0.480. The monoisotopic (exact) mass is 310 g/mol.